The quantitative estimate of drug-likeness (QED) is 0.749. The SMILES string of the molecule is O=C(O)c1nc(Cl)c(Cl)cc1Cl. The maximum absolute atomic E-state index is 10.4. The molecule has 0 atom stereocenters. The second-order valence-corrected chi connectivity index (χ2v) is 3.07. The molecule has 1 rings (SSSR count). The summed E-state index contributed by atoms with van der Waals surface area (Å²) in [7, 11) is 0. The first-order valence-electron chi connectivity index (χ1n) is 2.77. The van der Waals surface area contributed by atoms with Crippen LogP contribution in [-0.2, 0) is 0 Å². The lowest BCUT2D eigenvalue weighted by molar-refractivity contribution is 0.0691. The van der Waals surface area contributed by atoms with E-state index in [1.807, 2.05) is 0 Å². The Morgan fingerprint density at radius 1 is 1.33 bits per heavy atom. The summed E-state index contributed by atoms with van der Waals surface area (Å²) < 4.78 is 0. The van der Waals surface area contributed by atoms with Crippen molar-refractivity contribution in [2.75, 3.05) is 0 Å². The van der Waals surface area contributed by atoms with Crippen molar-refractivity contribution in [3.05, 3.63) is 27.0 Å². The van der Waals surface area contributed by atoms with Crippen molar-refractivity contribution in [1.29, 1.82) is 0 Å². The van der Waals surface area contributed by atoms with Crippen molar-refractivity contribution in [3.8, 4) is 0 Å². The van der Waals surface area contributed by atoms with Crippen LogP contribution in [0.5, 0.6) is 0 Å². The lowest BCUT2D eigenvalue weighted by Crippen LogP contribution is -2.01. The van der Waals surface area contributed by atoms with Gasteiger partial charge in [-0.15, -0.1) is 0 Å². The Kier molecular flexibility index (Phi) is 2.77. The number of hydrogen-bond acceptors (Lipinski definition) is 2. The largest absolute Gasteiger partial charge is 0.476 e. The molecular weight excluding hydrogens is 224 g/mol. The Hall–Kier alpha value is -0.510. The Morgan fingerprint density at radius 3 is 2.42 bits per heavy atom. The molecule has 1 aromatic rings. The van der Waals surface area contributed by atoms with Crippen LogP contribution < -0.4 is 0 Å². The summed E-state index contributed by atoms with van der Waals surface area (Å²) in [5.41, 5.74) is -0.300. The maximum Gasteiger partial charge on any atom is 0.356 e. The van der Waals surface area contributed by atoms with Gasteiger partial charge in [-0.05, 0) is 6.07 Å². The molecular formula is C6H2Cl3NO2. The molecule has 1 N–H and O–H groups in total. The van der Waals surface area contributed by atoms with E-state index in [9.17, 15) is 4.79 Å². The predicted octanol–water partition coefficient (Wildman–Crippen LogP) is 2.74. The van der Waals surface area contributed by atoms with Crippen LogP contribution in [0.3, 0.4) is 0 Å². The molecule has 0 saturated carbocycles. The molecule has 0 saturated heterocycles. The summed E-state index contributed by atoms with van der Waals surface area (Å²) in [6, 6.07) is 1.24. The first-order valence-corrected chi connectivity index (χ1v) is 3.90. The van der Waals surface area contributed by atoms with E-state index in [1.54, 1.807) is 0 Å². The second-order valence-electron chi connectivity index (χ2n) is 1.90. The molecule has 0 spiro atoms. The Morgan fingerprint density at radius 2 is 1.92 bits per heavy atom. The van der Waals surface area contributed by atoms with Gasteiger partial charge in [0.25, 0.3) is 0 Å². The number of rotatable bonds is 1. The van der Waals surface area contributed by atoms with Gasteiger partial charge in [-0.1, -0.05) is 34.8 Å². The third-order valence-corrected chi connectivity index (χ3v) is 2.05. The number of aromatic nitrogens is 1. The van der Waals surface area contributed by atoms with Crippen LogP contribution in [0.4, 0.5) is 0 Å². The third-order valence-electron chi connectivity index (χ3n) is 1.09. The molecule has 0 aliphatic heterocycles. The number of carbonyl (C=O) groups is 1. The van der Waals surface area contributed by atoms with Gasteiger partial charge >= 0.3 is 5.97 Å². The van der Waals surface area contributed by atoms with Gasteiger partial charge in [0.15, 0.2) is 5.69 Å². The molecule has 0 unspecified atom stereocenters. The van der Waals surface area contributed by atoms with Crippen molar-refractivity contribution in [3.63, 3.8) is 0 Å². The van der Waals surface area contributed by atoms with Gasteiger partial charge < -0.3 is 5.11 Å². The van der Waals surface area contributed by atoms with Crippen LogP contribution in [0.2, 0.25) is 15.2 Å². The standard InChI is InChI=1S/C6H2Cl3NO2/c7-2-1-3(8)5(9)10-4(2)6(11)12/h1H,(H,11,12). The molecule has 6 heteroatoms. The smallest absolute Gasteiger partial charge is 0.356 e. The molecule has 3 nitrogen and oxygen atoms in total. The van der Waals surface area contributed by atoms with Crippen LogP contribution in [0.15, 0.2) is 6.07 Å². The van der Waals surface area contributed by atoms with Crippen molar-refractivity contribution in [1.82, 2.24) is 4.98 Å². The fourth-order valence-corrected chi connectivity index (χ4v) is 1.17. The van der Waals surface area contributed by atoms with Crippen molar-refractivity contribution < 1.29 is 9.90 Å². The van der Waals surface area contributed by atoms with E-state index >= 15 is 0 Å². The minimum absolute atomic E-state index is 0.0306. The number of halogens is 3. The molecule has 0 aliphatic carbocycles. The number of hydrogen-bond donors (Lipinski definition) is 1. The summed E-state index contributed by atoms with van der Waals surface area (Å²) in [6.07, 6.45) is 0. The molecule has 0 amide bonds. The van der Waals surface area contributed by atoms with Crippen LogP contribution in [0.1, 0.15) is 10.5 Å². The fraction of sp³-hybridized carbons (Fsp3) is 0. The number of nitrogens with zero attached hydrogens (tertiary/aromatic N) is 1. The maximum atomic E-state index is 10.4. The Bertz CT molecular complexity index is 340. The fourth-order valence-electron chi connectivity index (χ4n) is 0.594. The summed E-state index contributed by atoms with van der Waals surface area (Å²) >= 11 is 16.5. The van der Waals surface area contributed by atoms with Gasteiger partial charge in [0.05, 0.1) is 10.0 Å². The molecule has 1 heterocycles. The highest BCUT2D eigenvalue weighted by Crippen LogP contribution is 2.25. The van der Waals surface area contributed by atoms with Crippen LogP contribution >= 0.6 is 34.8 Å². The van der Waals surface area contributed by atoms with Gasteiger partial charge in [-0.3, -0.25) is 0 Å². The normalized spacial score (nSPS) is 9.92. The average molecular weight is 226 g/mol. The summed E-state index contributed by atoms with van der Waals surface area (Å²) in [6.45, 7) is 0. The van der Waals surface area contributed by atoms with Crippen molar-refractivity contribution >= 4 is 40.8 Å². The zero-order chi connectivity index (χ0) is 9.30. The minimum atomic E-state index is -1.24. The van der Waals surface area contributed by atoms with E-state index in [2.05, 4.69) is 4.98 Å². The first-order chi connectivity index (χ1) is 5.52. The van der Waals surface area contributed by atoms with Crippen molar-refractivity contribution in [2.45, 2.75) is 0 Å². The number of carboxylic acid groups (broad SMARTS) is 1. The number of pyridine rings is 1. The molecule has 0 radical (unpaired) electrons. The third kappa shape index (κ3) is 1.80. The van der Waals surface area contributed by atoms with Crippen LogP contribution in [-0.4, -0.2) is 16.1 Å². The van der Waals surface area contributed by atoms with E-state index in [-0.39, 0.29) is 20.9 Å². The summed E-state index contributed by atoms with van der Waals surface area (Å²) in [5.74, 6) is -1.24. The topological polar surface area (TPSA) is 50.2 Å². The van der Waals surface area contributed by atoms with E-state index in [0.29, 0.717) is 0 Å². The molecule has 0 aliphatic rings. The van der Waals surface area contributed by atoms with Gasteiger partial charge in [0.1, 0.15) is 5.15 Å². The lowest BCUT2D eigenvalue weighted by Gasteiger charge is -1.99. The molecule has 0 aromatic carbocycles. The van der Waals surface area contributed by atoms with E-state index in [1.165, 1.54) is 6.07 Å². The molecule has 0 bridgehead atoms. The van der Waals surface area contributed by atoms with Gasteiger partial charge in [-0.2, -0.15) is 0 Å². The Labute approximate surface area is 82.9 Å². The summed E-state index contributed by atoms with van der Waals surface area (Å²) in [5, 5.41) is 8.56. The zero-order valence-corrected chi connectivity index (χ0v) is 7.78. The number of aromatic carboxylic acids is 1. The van der Waals surface area contributed by atoms with Gasteiger partial charge in [0, 0.05) is 0 Å². The highest BCUT2D eigenvalue weighted by Gasteiger charge is 2.13. The zero-order valence-electron chi connectivity index (χ0n) is 5.51. The van der Waals surface area contributed by atoms with Crippen molar-refractivity contribution in [2.24, 2.45) is 0 Å². The predicted molar refractivity (Wildman–Crippen MR) is 46.2 cm³/mol. The van der Waals surface area contributed by atoms with E-state index in [0.717, 1.165) is 0 Å². The minimum Gasteiger partial charge on any atom is -0.476 e. The summed E-state index contributed by atoms with van der Waals surface area (Å²) in [4.78, 5) is 13.9. The molecule has 64 valence electrons. The van der Waals surface area contributed by atoms with Crippen LogP contribution in [0, 0.1) is 0 Å². The van der Waals surface area contributed by atoms with E-state index in [4.69, 9.17) is 39.9 Å². The van der Waals surface area contributed by atoms with E-state index < -0.39 is 5.97 Å². The van der Waals surface area contributed by atoms with Gasteiger partial charge in [-0.25, -0.2) is 9.78 Å². The Balaban J connectivity index is 3.33. The number of carboxylic acids is 1. The lowest BCUT2D eigenvalue weighted by atomic mass is 10.3. The molecule has 1 aromatic heterocycles. The first kappa shape index (κ1) is 9.58. The monoisotopic (exact) mass is 225 g/mol. The highest BCUT2D eigenvalue weighted by molar-refractivity contribution is 6.42. The second kappa shape index (κ2) is 3.47. The van der Waals surface area contributed by atoms with Crippen LogP contribution in [0.25, 0.3) is 0 Å². The molecule has 0 fully saturated rings. The molecule has 12 heavy (non-hydrogen) atoms. The van der Waals surface area contributed by atoms with Gasteiger partial charge in [0.2, 0.25) is 0 Å². The average Bonchev–Trinajstić information content (AvgIpc) is 1.96. The highest BCUT2D eigenvalue weighted by atomic mass is 35.5.